The molecule has 0 aliphatic heterocycles. The van der Waals surface area contributed by atoms with Crippen molar-refractivity contribution in [3.05, 3.63) is 28.3 Å². The first-order valence-corrected chi connectivity index (χ1v) is 7.57. The Morgan fingerprint density at radius 2 is 2.05 bits per heavy atom. The Morgan fingerprint density at radius 1 is 1.40 bits per heavy atom. The van der Waals surface area contributed by atoms with Crippen LogP contribution >= 0.6 is 0 Å². The summed E-state index contributed by atoms with van der Waals surface area (Å²) >= 11 is 0. The van der Waals surface area contributed by atoms with Gasteiger partial charge in [-0.05, 0) is 18.6 Å². The van der Waals surface area contributed by atoms with Crippen LogP contribution in [0.15, 0.2) is 23.1 Å². The predicted octanol–water partition coefficient (Wildman–Crippen LogP) is 1.30. The number of anilines is 1. The van der Waals surface area contributed by atoms with E-state index in [9.17, 15) is 18.5 Å². The van der Waals surface area contributed by atoms with Crippen molar-refractivity contribution in [3.63, 3.8) is 0 Å². The van der Waals surface area contributed by atoms with Crippen molar-refractivity contribution in [2.75, 3.05) is 18.5 Å². The molecule has 1 aromatic carbocycles. The third-order valence-electron chi connectivity index (χ3n) is 2.77. The fourth-order valence-corrected chi connectivity index (χ4v) is 3.52. The van der Waals surface area contributed by atoms with Crippen molar-refractivity contribution in [2.24, 2.45) is 5.84 Å². The molecule has 0 aliphatic rings. The topological polar surface area (TPSA) is 119 Å². The molecular formula is C11H18N4O4S. The average molecular weight is 302 g/mol. The summed E-state index contributed by atoms with van der Waals surface area (Å²) in [6.45, 7) is 4.07. The van der Waals surface area contributed by atoms with Crippen molar-refractivity contribution < 1.29 is 13.3 Å². The minimum Gasteiger partial charge on any atom is -0.324 e. The Balaban J connectivity index is 3.45. The summed E-state index contributed by atoms with van der Waals surface area (Å²) in [4.78, 5) is 9.94. The fourth-order valence-electron chi connectivity index (χ4n) is 1.80. The molecule has 0 spiro atoms. The van der Waals surface area contributed by atoms with Crippen LogP contribution in [-0.2, 0) is 10.0 Å². The predicted molar refractivity (Wildman–Crippen MR) is 75.6 cm³/mol. The number of hydrazine groups is 1. The van der Waals surface area contributed by atoms with E-state index in [2.05, 4.69) is 5.43 Å². The summed E-state index contributed by atoms with van der Waals surface area (Å²) in [6.07, 6.45) is 0.621. The van der Waals surface area contributed by atoms with Crippen molar-refractivity contribution in [2.45, 2.75) is 25.2 Å². The number of hydrogen-bond donors (Lipinski definition) is 2. The Morgan fingerprint density at radius 3 is 2.50 bits per heavy atom. The number of nitrogen functional groups attached to an aromatic ring is 1. The van der Waals surface area contributed by atoms with Gasteiger partial charge in [-0.3, -0.25) is 16.0 Å². The van der Waals surface area contributed by atoms with E-state index in [4.69, 9.17) is 5.84 Å². The van der Waals surface area contributed by atoms with E-state index in [-0.39, 0.29) is 11.4 Å². The van der Waals surface area contributed by atoms with Gasteiger partial charge in [0.15, 0.2) is 4.90 Å². The second kappa shape index (κ2) is 6.64. The van der Waals surface area contributed by atoms with Crippen LogP contribution in [0.4, 0.5) is 11.4 Å². The molecule has 20 heavy (non-hydrogen) atoms. The summed E-state index contributed by atoms with van der Waals surface area (Å²) in [5.41, 5.74) is 2.12. The first kappa shape index (κ1) is 16.3. The fraction of sp³-hybridized carbons (Fsp3) is 0.455. The summed E-state index contributed by atoms with van der Waals surface area (Å²) in [6, 6.07) is 3.65. The highest BCUT2D eigenvalue weighted by Crippen LogP contribution is 2.29. The van der Waals surface area contributed by atoms with Gasteiger partial charge in [0, 0.05) is 19.2 Å². The van der Waals surface area contributed by atoms with Crippen molar-refractivity contribution in [1.82, 2.24) is 4.31 Å². The van der Waals surface area contributed by atoms with E-state index in [1.54, 1.807) is 6.92 Å². The van der Waals surface area contributed by atoms with Gasteiger partial charge in [0.25, 0.3) is 5.69 Å². The van der Waals surface area contributed by atoms with Gasteiger partial charge in [0.05, 0.1) is 10.6 Å². The lowest BCUT2D eigenvalue weighted by Crippen LogP contribution is -2.32. The quantitative estimate of drug-likeness (QED) is 0.445. The van der Waals surface area contributed by atoms with Crippen molar-refractivity contribution >= 4 is 21.4 Å². The number of nitrogens with two attached hydrogens (primary N) is 1. The molecule has 0 amide bonds. The zero-order chi connectivity index (χ0) is 15.3. The van der Waals surface area contributed by atoms with Crippen LogP contribution in [0.25, 0.3) is 0 Å². The van der Waals surface area contributed by atoms with Gasteiger partial charge in [-0.2, -0.15) is 4.31 Å². The summed E-state index contributed by atoms with van der Waals surface area (Å²) in [5, 5.41) is 11.0. The molecule has 1 rings (SSSR count). The largest absolute Gasteiger partial charge is 0.324 e. The Bertz CT molecular complexity index is 588. The minimum atomic E-state index is -3.93. The number of nitro benzene ring substituents is 1. The second-order valence-electron chi connectivity index (χ2n) is 4.08. The molecule has 9 heteroatoms. The van der Waals surface area contributed by atoms with Crippen LogP contribution < -0.4 is 11.3 Å². The van der Waals surface area contributed by atoms with Crippen LogP contribution in [0, 0.1) is 10.1 Å². The standard InChI is InChI=1S/C11H18N4O4S/c1-3-7-14(4-2)20(18,19)11-8-9(13-12)5-6-10(11)15(16)17/h5-6,8,13H,3-4,7,12H2,1-2H3. The van der Waals surface area contributed by atoms with Crippen molar-refractivity contribution in [3.8, 4) is 0 Å². The molecule has 0 aromatic heterocycles. The van der Waals surface area contributed by atoms with Gasteiger partial charge in [0.2, 0.25) is 10.0 Å². The minimum absolute atomic E-state index is 0.244. The number of nitro groups is 1. The number of nitrogens with one attached hydrogen (secondary N) is 1. The number of sulfonamides is 1. The molecule has 0 heterocycles. The summed E-state index contributed by atoms with van der Waals surface area (Å²) in [7, 11) is -3.93. The van der Waals surface area contributed by atoms with Crippen LogP contribution in [0.5, 0.6) is 0 Å². The van der Waals surface area contributed by atoms with E-state index in [1.807, 2.05) is 6.92 Å². The van der Waals surface area contributed by atoms with Crippen LogP contribution in [0.3, 0.4) is 0 Å². The zero-order valence-electron chi connectivity index (χ0n) is 11.4. The van der Waals surface area contributed by atoms with Gasteiger partial charge >= 0.3 is 0 Å². The van der Waals surface area contributed by atoms with Gasteiger partial charge in [-0.1, -0.05) is 13.8 Å². The molecule has 0 bridgehead atoms. The summed E-state index contributed by atoms with van der Waals surface area (Å²) < 4.78 is 26.2. The smallest absolute Gasteiger partial charge is 0.289 e. The van der Waals surface area contributed by atoms with Gasteiger partial charge in [-0.15, -0.1) is 0 Å². The number of nitrogens with zero attached hydrogens (tertiary/aromatic N) is 2. The molecule has 0 aliphatic carbocycles. The maximum absolute atomic E-state index is 12.5. The van der Waals surface area contributed by atoms with E-state index in [0.29, 0.717) is 18.7 Å². The SMILES string of the molecule is CCCN(CC)S(=O)(=O)c1cc(NN)ccc1[N+](=O)[O-]. The molecule has 1 aromatic rings. The Hall–Kier alpha value is -1.71. The van der Waals surface area contributed by atoms with E-state index >= 15 is 0 Å². The van der Waals surface area contributed by atoms with Crippen molar-refractivity contribution in [1.29, 1.82) is 0 Å². The van der Waals surface area contributed by atoms with Gasteiger partial charge in [-0.25, -0.2) is 8.42 Å². The highest BCUT2D eigenvalue weighted by atomic mass is 32.2. The van der Waals surface area contributed by atoms with Crippen LogP contribution in [-0.4, -0.2) is 30.7 Å². The maximum atomic E-state index is 12.5. The molecule has 0 radical (unpaired) electrons. The highest BCUT2D eigenvalue weighted by Gasteiger charge is 2.30. The molecule has 0 fully saturated rings. The second-order valence-corrected chi connectivity index (χ2v) is 5.99. The molecule has 0 atom stereocenters. The van der Waals surface area contributed by atoms with E-state index in [0.717, 1.165) is 6.07 Å². The normalized spacial score (nSPS) is 11.6. The van der Waals surface area contributed by atoms with Crippen LogP contribution in [0.1, 0.15) is 20.3 Å². The maximum Gasteiger partial charge on any atom is 0.289 e. The third kappa shape index (κ3) is 3.24. The molecule has 0 saturated heterocycles. The molecule has 0 saturated carbocycles. The number of benzene rings is 1. The monoisotopic (exact) mass is 302 g/mol. The lowest BCUT2D eigenvalue weighted by Gasteiger charge is -2.19. The lowest BCUT2D eigenvalue weighted by atomic mass is 10.3. The molecular weight excluding hydrogens is 284 g/mol. The molecule has 112 valence electrons. The van der Waals surface area contributed by atoms with Gasteiger partial charge < -0.3 is 5.43 Å². The first-order valence-electron chi connectivity index (χ1n) is 6.13. The number of rotatable bonds is 7. The Kier molecular flexibility index (Phi) is 5.43. The molecule has 8 nitrogen and oxygen atoms in total. The first-order chi connectivity index (χ1) is 9.38. The van der Waals surface area contributed by atoms with E-state index < -0.39 is 20.6 Å². The lowest BCUT2D eigenvalue weighted by molar-refractivity contribution is -0.387. The Labute approximate surface area is 117 Å². The average Bonchev–Trinajstić information content (AvgIpc) is 2.43. The third-order valence-corrected chi connectivity index (χ3v) is 4.77. The zero-order valence-corrected chi connectivity index (χ0v) is 12.2. The highest BCUT2D eigenvalue weighted by molar-refractivity contribution is 7.89. The van der Waals surface area contributed by atoms with E-state index in [1.165, 1.54) is 16.4 Å². The molecule has 3 N–H and O–H groups in total. The molecule has 0 unspecified atom stereocenters. The number of hydrogen-bond acceptors (Lipinski definition) is 6. The summed E-state index contributed by atoms with van der Waals surface area (Å²) in [5.74, 6) is 5.23. The van der Waals surface area contributed by atoms with Gasteiger partial charge in [0.1, 0.15) is 0 Å². The van der Waals surface area contributed by atoms with Crippen LogP contribution in [0.2, 0.25) is 0 Å².